The molecule has 2 unspecified atom stereocenters. The molecule has 5 heteroatoms. The number of benzene rings is 1. The topological polar surface area (TPSA) is 55.6 Å². The quantitative estimate of drug-likeness (QED) is 0.653. The van der Waals surface area contributed by atoms with Gasteiger partial charge in [0, 0.05) is 23.6 Å². The maximum atomic E-state index is 12.0. The van der Waals surface area contributed by atoms with Crippen molar-refractivity contribution in [2.45, 2.75) is 19.1 Å². The first kappa shape index (κ1) is 14.6. The molecule has 1 saturated heterocycles. The summed E-state index contributed by atoms with van der Waals surface area (Å²) >= 11 is 2.36. The summed E-state index contributed by atoms with van der Waals surface area (Å²) in [4.78, 5) is 13.7. The molecule has 2 N–H and O–H groups in total. The second kappa shape index (κ2) is 7.09. The Morgan fingerprint density at radius 2 is 2.16 bits per heavy atom. The van der Waals surface area contributed by atoms with Gasteiger partial charge in [0.2, 0.25) is 0 Å². The Kier molecular flexibility index (Phi) is 5.45. The Labute approximate surface area is 127 Å². The number of hydrogen-bond acceptors (Lipinski definition) is 3. The number of ether oxygens (including phenoxy) is 1. The first-order chi connectivity index (χ1) is 9.20. The zero-order chi connectivity index (χ0) is 13.7. The van der Waals surface area contributed by atoms with E-state index < -0.39 is 0 Å². The molecule has 0 aromatic heterocycles. The van der Waals surface area contributed by atoms with Gasteiger partial charge in [0.05, 0.1) is 0 Å². The minimum absolute atomic E-state index is 0.0647. The number of rotatable bonds is 3. The van der Waals surface area contributed by atoms with Crippen LogP contribution < -0.4 is 5.73 Å². The van der Waals surface area contributed by atoms with E-state index in [0.717, 1.165) is 23.0 Å². The number of alkyl halides is 1. The van der Waals surface area contributed by atoms with Crippen molar-refractivity contribution in [2.24, 2.45) is 11.7 Å². The summed E-state index contributed by atoms with van der Waals surface area (Å²) in [5.41, 5.74) is 7.07. The lowest BCUT2D eigenvalue weighted by molar-refractivity contribution is 0.0794. The number of nitrogens with zero attached hydrogens (tertiary/aromatic N) is 1. The lowest BCUT2D eigenvalue weighted by Gasteiger charge is -2.35. The normalized spacial score (nSPS) is 23.2. The molecular formula is C14H19IN2O2. The third-order valence-corrected chi connectivity index (χ3v) is 4.60. The van der Waals surface area contributed by atoms with Crippen LogP contribution in [0, 0.1) is 5.92 Å². The number of carbonyl (C=O) groups is 1. The van der Waals surface area contributed by atoms with Crippen molar-refractivity contribution >= 4 is 28.7 Å². The van der Waals surface area contributed by atoms with Crippen LogP contribution in [0.25, 0.3) is 0 Å². The van der Waals surface area contributed by atoms with Crippen molar-refractivity contribution < 1.29 is 9.53 Å². The third kappa shape index (κ3) is 4.07. The number of piperidine rings is 1. The largest absolute Gasteiger partial charge is 0.445 e. The van der Waals surface area contributed by atoms with Gasteiger partial charge in [-0.1, -0.05) is 52.9 Å². The van der Waals surface area contributed by atoms with Gasteiger partial charge >= 0.3 is 6.09 Å². The molecule has 4 nitrogen and oxygen atoms in total. The first-order valence-electron chi connectivity index (χ1n) is 6.48. The smallest absolute Gasteiger partial charge is 0.410 e. The molecule has 2 rings (SSSR count). The fourth-order valence-corrected chi connectivity index (χ4v) is 3.29. The van der Waals surface area contributed by atoms with Gasteiger partial charge in [-0.05, 0) is 17.9 Å². The highest BCUT2D eigenvalue weighted by atomic mass is 127. The van der Waals surface area contributed by atoms with E-state index in [9.17, 15) is 4.79 Å². The van der Waals surface area contributed by atoms with Crippen molar-refractivity contribution in [3.63, 3.8) is 0 Å². The van der Waals surface area contributed by atoms with Crippen LogP contribution in [0.2, 0.25) is 0 Å². The number of hydrogen-bond donors (Lipinski definition) is 1. The molecule has 1 aliphatic rings. The molecule has 1 amide bonds. The summed E-state index contributed by atoms with van der Waals surface area (Å²) in [7, 11) is 0. The SMILES string of the molecule is NC1CN(C(=O)OCc2ccccc2)CCC1CI. The lowest BCUT2D eigenvalue weighted by Crippen LogP contribution is -2.51. The van der Waals surface area contributed by atoms with Crippen molar-refractivity contribution in [3.8, 4) is 0 Å². The van der Waals surface area contributed by atoms with E-state index >= 15 is 0 Å². The molecule has 1 heterocycles. The summed E-state index contributed by atoms with van der Waals surface area (Å²) < 4.78 is 6.36. The molecule has 19 heavy (non-hydrogen) atoms. The molecule has 0 bridgehead atoms. The second-order valence-electron chi connectivity index (χ2n) is 4.85. The van der Waals surface area contributed by atoms with Crippen LogP contribution in [0.3, 0.4) is 0 Å². The highest BCUT2D eigenvalue weighted by molar-refractivity contribution is 14.1. The average molecular weight is 374 g/mol. The summed E-state index contributed by atoms with van der Waals surface area (Å²) in [6, 6.07) is 9.77. The van der Waals surface area contributed by atoms with Crippen molar-refractivity contribution in [1.82, 2.24) is 4.90 Å². The predicted molar refractivity (Wildman–Crippen MR) is 83.2 cm³/mol. The van der Waals surface area contributed by atoms with E-state index in [1.807, 2.05) is 30.3 Å². The molecule has 104 valence electrons. The molecule has 1 fully saturated rings. The number of nitrogens with two attached hydrogens (primary N) is 1. The summed E-state index contributed by atoms with van der Waals surface area (Å²) in [6.07, 6.45) is 0.705. The van der Waals surface area contributed by atoms with Crippen LogP contribution in [0.15, 0.2) is 30.3 Å². The third-order valence-electron chi connectivity index (χ3n) is 3.47. The van der Waals surface area contributed by atoms with Crippen LogP contribution in [0.5, 0.6) is 0 Å². The van der Waals surface area contributed by atoms with E-state index in [4.69, 9.17) is 10.5 Å². The van der Waals surface area contributed by atoms with Gasteiger partial charge in [-0.2, -0.15) is 0 Å². The Morgan fingerprint density at radius 3 is 2.79 bits per heavy atom. The van der Waals surface area contributed by atoms with Crippen LogP contribution >= 0.6 is 22.6 Å². The van der Waals surface area contributed by atoms with Crippen LogP contribution in [0.1, 0.15) is 12.0 Å². The summed E-state index contributed by atoms with van der Waals surface area (Å²) in [5.74, 6) is 0.513. The van der Waals surface area contributed by atoms with Gasteiger partial charge in [-0.25, -0.2) is 4.79 Å². The predicted octanol–water partition coefficient (Wildman–Crippen LogP) is 2.41. The van der Waals surface area contributed by atoms with E-state index in [1.165, 1.54) is 0 Å². The number of halogens is 1. The van der Waals surface area contributed by atoms with Crippen LogP contribution in [0.4, 0.5) is 4.79 Å². The number of carbonyl (C=O) groups excluding carboxylic acids is 1. The van der Waals surface area contributed by atoms with E-state index in [2.05, 4.69) is 22.6 Å². The fraction of sp³-hybridized carbons (Fsp3) is 0.500. The maximum absolute atomic E-state index is 12.0. The maximum Gasteiger partial charge on any atom is 0.410 e. The number of likely N-dealkylation sites (tertiary alicyclic amines) is 1. The van der Waals surface area contributed by atoms with Crippen molar-refractivity contribution in [3.05, 3.63) is 35.9 Å². The zero-order valence-electron chi connectivity index (χ0n) is 10.8. The number of amides is 1. The average Bonchev–Trinajstić information content (AvgIpc) is 2.45. The van der Waals surface area contributed by atoms with Gasteiger partial charge in [-0.15, -0.1) is 0 Å². The highest BCUT2D eigenvalue weighted by Gasteiger charge is 2.29. The lowest BCUT2D eigenvalue weighted by atomic mass is 9.95. The molecule has 0 aliphatic carbocycles. The van der Waals surface area contributed by atoms with Crippen LogP contribution in [-0.4, -0.2) is 34.6 Å². The Morgan fingerprint density at radius 1 is 1.42 bits per heavy atom. The molecular weight excluding hydrogens is 355 g/mol. The molecule has 0 spiro atoms. The highest BCUT2D eigenvalue weighted by Crippen LogP contribution is 2.19. The summed E-state index contributed by atoms with van der Waals surface area (Å²) in [6.45, 7) is 1.66. The Hall–Kier alpha value is -0.820. The van der Waals surface area contributed by atoms with E-state index in [0.29, 0.717) is 19.1 Å². The minimum atomic E-state index is -0.258. The molecule has 0 radical (unpaired) electrons. The van der Waals surface area contributed by atoms with E-state index in [-0.39, 0.29) is 12.1 Å². The Bertz CT molecular complexity index is 413. The second-order valence-corrected chi connectivity index (χ2v) is 5.73. The van der Waals surface area contributed by atoms with Crippen molar-refractivity contribution in [2.75, 3.05) is 17.5 Å². The van der Waals surface area contributed by atoms with Gasteiger partial charge < -0.3 is 15.4 Å². The molecule has 1 aromatic carbocycles. The zero-order valence-corrected chi connectivity index (χ0v) is 13.0. The Balaban J connectivity index is 1.81. The van der Waals surface area contributed by atoms with Gasteiger partial charge in [-0.3, -0.25) is 0 Å². The van der Waals surface area contributed by atoms with Gasteiger partial charge in [0.15, 0.2) is 0 Å². The first-order valence-corrected chi connectivity index (χ1v) is 8.00. The van der Waals surface area contributed by atoms with Gasteiger partial charge in [0.25, 0.3) is 0 Å². The molecule has 2 atom stereocenters. The van der Waals surface area contributed by atoms with E-state index in [1.54, 1.807) is 4.90 Å². The van der Waals surface area contributed by atoms with Crippen LogP contribution in [-0.2, 0) is 11.3 Å². The molecule has 1 aromatic rings. The minimum Gasteiger partial charge on any atom is -0.445 e. The van der Waals surface area contributed by atoms with Crippen molar-refractivity contribution in [1.29, 1.82) is 0 Å². The molecule has 0 saturated carbocycles. The van der Waals surface area contributed by atoms with Gasteiger partial charge in [0.1, 0.15) is 6.61 Å². The monoisotopic (exact) mass is 374 g/mol. The summed E-state index contributed by atoms with van der Waals surface area (Å²) in [5, 5.41) is 0. The molecule has 1 aliphatic heterocycles. The fourth-order valence-electron chi connectivity index (χ4n) is 2.20. The standard InChI is InChI=1S/C14H19IN2O2/c15-8-12-6-7-17(9-13(12)16)14(18)19-10-11-4-2-1-3-5-11/h1-5,12-13H,6-10,16H2.